The first-order valence-corrected chi connectivity index (χ1v) is 11.5. The highest BCUT2D eigenvalue weighted by molar-refractivity contribution is 7.57. The number of aromatic amines is 1. The molecule has 2 heterocycles. The van der Waals surface area contributed by atoms with Crippen LogP contribution in [-0.4, -0.2) is 54.7 Å². The highest BCUT2D eigenvalue weighted by Crippen LogP contribution is 2.48. The fourth-order valence-corrected chi connectivity index (χ4v) is 4.09. The maximum atomic E-state index is 15.7. The third-order valence-electron chi connectivity index (χ3n) is 5.19. The Bertz CT molecular complexity index is 1170. The maximum Gasteiger partial charge on any atom is 0.353 e. The van der Waals surface area contributed by atoms with E-state index < -0.39 is 49.2 Å². The molecule has 1 aliphatic rings. The molecule has 0 amide bonds. The summed E-state index contributed by atoms with van der Waals surface area (Å²) in [6.07, 6.45) is -2.11. The van der Waals surface area contributed by atoms with E-state index in [9.17, 15) is 18.9 Å². The number of aromatic nitrogens is 2. The minimum atomic E-state index is -3.60. The van der Waals surface area contributed by atoms with E-state index in [0.717, 1.165) is 10.4 Å². The molecular formula is C21H24FN2O8P. The van der Waals surface area contributed by atoms with Crippen molar-refractivity contribution in [2.24, 2.45) is 0 Å². The zero-order chi connectivity index (χ0) is 24.2. The Morgan fingerprint density at radius 3 is 2.55 bits per heavy atom. The first-order valence-electron chi connectivity index (χ1n) is 9.93. The van der Waals surface area contributed by atoms with E-state index in [1.54, 1.807) is 18.2 Å². The van der Waals surface area contributed by atoms with Gasteiger partial charge in [0.25, 0.3) is 5.56 Å². The van der Waals surface area contributed by atoms with E-state index in [-0.39, 0.29) is 17.7 Å². The summed E-state index contributed by atoms with van der Waals surface area (Å²) in [6, 6.07) is 6.76. The largest absolute Gasteiger partial charge is 0.452 e. The van der Waals surface area contributed by atoms with Crippen LogP contribution in [0.3, 0.4) is 0 Å². The zero-order valence-electron chi connectivity index (χ0n) is 18.2. The van der Waals surface area contributed by atoms with Gasteiger partial charge in [-0.05, 0) is 25.1 Å². The lowest BCUT2D eigenvalue weighted by atomic mass is 9.98. The molecule has 12 heteroatoms. The molecular weight excluding hydrogens is 458 g/mol. The second-order valence-electron chi connectivity index (χ2n) is 7.27. The minimum Gasteiger partial charge on any atom is -0.452 e. The summed E-state index contributed by atoms with van der Waals surface area (Å²) in [4.78, 5) is 38.7. The number of alkyl halides is 1. The van der Waals surface area contributed by atoms with Gasteiger partial charge in [-0.15, -0.1) is 0 Å². The van der Waals surface area contributed by atoms with Gasteiger partial charge >= 0.3 is 19.3 Å². The van der Waals surface area contributed by atoms with Crippen molar-refractivity contribution in [2.45, 2.75) is 31.3 Å². The van der Waals surface area contributed by atoms with Crippen molar-refractivity contribution in [1.82, 2.24) is 9.55 Å². The fourth-order valence-electron chi connectivity index (χ4n) is 3.31. The van der Waals surface area contributed by atoms with Crippen molar-refractivity contribution in [3.05, 3.63) is 80.4 Å². The van der Waals surface area contributed by atoms with Crippen LogP contribution in [0.4, 0.5) is 4.39 Å². The van der Waals surface area contributed by atoms with Gasteiger partial charge in [0.1, 0.15) is 6.10 Å². The molecule has 0 radical (unpaired) electrons. The molecule has 1 N–H and O–H groups in total. The van der Waals surface area contributed by atoms with Crippen LogP contribution in [0.25, 0.3) is 0 Å². The number of benzene rings is 1. The molecule has 178 valence electrons. The number of hydrogen-bond acceptors (Lipinski definition) is 8. The second kappa shape index (κ2) is 10.4. The van der Waals surface area contributed by atoms with Crippen LogP contribution in [0.1, 0.15) is 22.0 Å². The molecule has 1 aromatic heterocycles. The van der Waals surface area contributed by atoms with Crippen LogP contribution < -0.4 is 11.2 Å². The summed E-state index contributed by atoms with van der Waals surface area (Å²) in [5.41, 5.74) is -1.03. The molecule has 33 heavy (non-hydrogen) atoms. The smallest absolute Gasteiger partial charge is 0.353 e. The van der Waals surface area contributed by atoms with Crippen LogP contribution in [-0.2, 0) is 23.1 Å². The summed E-state index contributed by atoms with van der Waals surface area (Å²) >= 11 is 0. The number of halogens is 1. The highest BCUT2D eigenvalue weighted by atomic mass is 31.2. The van der Waals surface area contributed by atoms with Gasteiger partial charge < -0.3 is 18.5 Å². The van der Waals surface area contributed by atoms with Crippen LogP contribution >= 0.6 is 7.60 Å². The van der Waals surface area contributed by atoms with Gasteiger partial charge in [0, 0.05) is 31.8 Å². The van der Waals surface area contributed by atoms with E-state index in [1.165, 1.54) is 45.5 Å². The Hall–Kier alpha value is -2.85. The number of nitrogens with zero attached hydrogens (tertiary/aromatic N) is 1. The number of nitrogens with one attached hydrogen (secondary N) is 1. The van der Waals surface area contributed by atoms with E-state index >= 15 is 4.39 Å². The third kappa shape index (κ3) is 5.56. The molecule has 3 rings (SSSR count). The van der Waals surface area contributed by atoms with Crippen molar-refractivity contribution < 1.29 is 32.3 Å². The van der Waals surface area contributed by atoms with Gasteiger partial charge in [0.2, 0.25) is 0 Å². The van der Waals surface area contributed by atoms with Crippen molar-refractivity contribution in [3.63, 3.8) is 0 Å². The molecule has 2 aromatic rings. The zero-order valence-corrected chi connectivity index (χ0v) is 19.1. The minimum absolute atomic E-state index is 0.186. The molecule has 4 atom stereocenters. The number of hydrogen-bond donors (Lipinski definition) is 1. The lowest BCUT2D eigenvalue weighted by Crippen LogP contribution is -2.52. The number of esters is 1. The normalized spacial score (nSPS) is 23.5. The molecule has 0 spiro atoms. The molecule has 0 saturated carbocycles. The average Bonchev–Trinajstić information content (AvgIpc) is 2.82. The number of H-pyrrole nitrogens is 1. The number of rotatable bonds is 7. The Labute approximate surface area is 188 Å². The lowest BCUT2D eigenvalue weighted by molar-refractivity contribution is -0.123. The molecule has 1 unspecified atom stereocenters. The Morgan fingerprint density at radius 2 is 1.91 bits per heavy atom. The number of ether oxygens (including phenoxy) is 2. The van der Waals surface area contributed by atoms with Crippen molar-refractivity contribution in [2.75, 3.05) is 20.8 Å². The summed E-state index contributed by atoms with van der Waals surface area (Å²) in [5.74, 6) is 0.280. The topological polar surface area (TPSA) is 126 Å². The van der Waals surface area contributed by atoms with Crippen LogP contribution in [0.2, 0.25) is 0 Å². The quantitative estimate of drug-likeness (QED) is 0.471. The predicted octanol–water partition coefficient (Wildman–Crippen LogP) is 2.35. The second-order valence-corrected chi connectivity index (χ2v) is 9.38. The Morgan fingerprint density at radius 1 is 1.24 bits per heavy atom. The van der Waals surface area contributed by atoms with E-state index in [2.05, 4.69) is 4.98 Å². The Kier molecular flexibility index (Phi) is 7.80. The standard InChI is InChI=1S/C21H24FN2O8P/c1-13-11-24(21(27)23-19(13)25)15-12-31-16(9-10-33(28,29-2)30-3)18(17(15)22)32-20(26)14-7-5-4-6-8-14/h4-11,15-18H,12H2,1-3H3,(H,23,25,27)/b10-9+/t15-,16?,17+,18-/m1/s1. The summed E-state index contributed by atoms with van der Waals surface area (Å²) in [7, 11) is -1.23. The number of carbonyl (C=O) groups excluding carboxylic acids is 1. The highest BCUT2D eigenvalue weighted by Gasteiger charge is 2.44. The molecule has 0 bridgehead atoms. The monoisotopic (exact) mass is 482 g/mol. The maximum absolute atomic E-state index is 15.7. The number of aryl methyl sites for hydroxylation is 1. The first-order chi connectivity index (χ1) is 15.7. The van der Waals surface area contributed by atoms with E-state index in [0.29, 0.717) is 0 Å². The first kappa shape index (κ1) is 24.8. The summed E-state index contributed by atoms with van der Waals surface area (Å²) in [6.45, 7) is 1.18. The van der Waals surface area contributed by atoms with E-state index in [4.69, 9.17) is 18.5 Å². The van der Waals surface area contributed by atoms with Gasteiger partial charge in [0.05, 0.1) is 18.2 Å². The van der Waals surface area contributed by atoms with Gasteiger partial charge in [-0.2, -0.15) is 0 Å². The van der Waals surface area contributed by atoms with Crippen molar-refractivity contribution in [1.29, 1.82) is 0 Å². The molecule has 1 aromatic carbocycles. The van der Waals surface area contributed by atoms with Gasteiger partial charge in [-0.3, -0.25) is 18.9 Å². The molecule has 10 nitrogen and oxygen atoms in total. The third-order valence-corrected chi connectivity index (χ3v) is 6.74. The van der Waals surface area contributed by atoms with Gasteiger partial charge in [-0.1, -0.05) is 18.2 Å². The van der Waals surface area contributed by atoms with Crippen molar-refractivity contribution in [3.8, 4) is 0 Å². The fraction of sp³-hybridized carbons (Fsp3) is 0.381. The molecule has 0 aliphatic carbocycles. The van der Waals surface area contributed by atoms with Crippen LogP contribution in [0, 0.1) is 6.92 Å². The predicted molar refractivity (Wildman–Crippen MR) is 116 cm³/mol. The van der Waals surface area contributed by atoms with E-state index in [1.807, 2.05) is 0 Å². The average molecular weight is 482 g/mol. The van der Waals surface area contributed by atoms with Crippen LogP contribution in [0.15, 0.2) is 58.0 Å². The molecule has 1 aliphatic heterocycles. The van der Waals surface area contributed by atoms with Gasteiger partial charge in [0.15, 0.2) is 12.3 Å². The van der Waals surface area contributed by atoms with Crippen molar-refractivity contribution >= 4 is 13.6 Å². The van der Waals surface area contributed by atoms with Gasteiger partial charge in [-0.25, -0.2) is 14.0 Å². The lowest BCUT2D eigenvalue weighted by Gasteiger charge is -2.38. The molecule has 1 saturated heterocycles. The summed E-state index contributed by atoms with van der Waals surface area (Å²) < 4.78 is 49.9. The van der Waals surface area contributed by atoms with Crippen LogP contribution in [0.5, 0.6) is 0 Å². The summed E-state index contributed by atoms with van der Waals surface area (Å²) in [5, 5.41) is 0. The SMILES string of the molecule is COP(=O)(/C=C/C1OC[C@@H](n2cc(C)c(=O)[nH]c2=O)[C@H](F)[C@@H]1OC(=O)c1ccccc1)OC. The number of carbonyl (C=O) groups is 1. The molecule has 1 fully saturated rings. The Balaban J connectivity index is 1.95.